The second kappa shape index (κ2) is 5.28. The highest BCUT2D eigenvalue weighted by atomic mass is 32.2. The molecule has 0 heterocycles. The molecule has 2 N–H and O–H groups in total. The van der Waals surface area contributed by atoms with Crippen molar-refractivity contribution in [3.8, 4) is 0 Å². The molecule has 2 unspecified atom stereocenters. The van der Waals surface area contributed by atoms with Crippen LogP contribution in [0.1, 0.15) is 12.5 Å². The van der Waals surface area contributed by atoms with E-state index in [9.17, 15) is 4.21 Å². The predicted octanol–water partition coefficient (Wildman–Crippen LogP) is 1.72. The van der Waals surface area contributed by atoms with Gasteiger partial charge in [-0.1, -0.05) is 0 Å². The molecule has 1 aromatic rings. The van der Waals surface area contributed by atoms with Crippen LogP contribution in [0.3, 0.4) is 0 Å². The average molecular weight is 227 g/mol. The minimum Gasteiger partial charge on any atom is -0.399 e. The van der Waals surface area contributed by atoms with Crippen LogP contribution in [0.5, 0.6) is 0 Å². The average Bonchev–Trinajstić information content (AvgIpc) is 2.17. The number of ether oxygens (including phenoxy) is 1. The number of hydrogen-bond donors (Lipinski definition) is 1. The maximum absolute atomic E-state index is 11.9. The zero-order valence-electron chi connectivity index (χ0n) is 9.32. The summed E-state index contributed by atoms with van der Waals surface area (Å²) in [7, 11) is 0.609. The first-order valence-electron chi connectivity index (χ1n) is 4.82. The molecule has 84 valence electrons. The van der Waals surface area contributed by atoms with Gasteiger partial charge in [0.2, 0.25) is 0 Å². The van der Waals surface area contributed by atoms with E-state index in [4.69, 9.17) is 10.5 Å². The molecule has 0 aliphatic carbocycles. The SMILES string of the molecule is COC(C)CS(=O)c1ccc(N)cc1C. The molecule has 0 aliphatic rings. The molecule has 0 radical (unpaired) electrons. The molecular formula is C11H17NO2S. The van der Waals surface area contributed by atoms with Crippen molar-refractivity contribution in [2.24, 2.45) is 0 Å². The number of nitrogen functional groups attached to an aromatic ring is 1. The Hall–Kier alpha value is -0.870. The number of hydrogen-bond acceptors (Lipinski definition) is 3. The van der Waals surface area contributed by atoms with E-state index in [0.29, 0.717) is 11.4 Å². The van der Waals surface area contributed by atoms with Crippen molar-refractivity contribution in [3.63, 3.8) is 0 Å². The van der Waals surface area contributed by atoms with E-state index in [2.05, 4.69) is 0 Å². The van der Waals surface area contributed by atoms with Gasteiger partial charge in [-0.25, -0.2) is 0 Å². The number of nitrogens with two attached hydrogens (primary N) is 1. The van der Waals surface area contributed by atoms with Crippen LogP contribution in [0.2, 0.25) is 0 Å². The van der Waals surface area contributed by atoms with Crippen molar-refractivity contribution >= 4 is 16.5 Å². The summed E-state index contributed by atoms with van der Waals surface area (Å²) < 4.78 is 17.0. The largest absolute Gasteiger partial charge is 0.399 e. The molecule has 0 bridgehead atoms. The van der Waals surface area contributed by atoms with Crippen molar-refractivity contribution in [2.75, 3.05) is 18.6 Å². The molecule has 0 saturated carbocycles. The number of aryl methyl sites for hydroxylation is 1. The van der Waals surface area contributed by atoms with Crippen LogP contribution in [-0.4, -0.2) is 23.2 Å². The van der Waals surface area contributed by atoms with Gasteiger partial charge in [0, 0.05) is 17.7 Å². The van der Waals surface area contributed by atoms with Gasteiger partial charge < -0.3 is 10.5 Å². The Morgan fingerprint density at radius 3 is 2.73 bits per heavy atom. The molecule has 0 saturated heterocycles. The fourth-order valence-corrected chi connectivity index (χ4v) is 2.68. The topological polar surface area (TPSA) is 52.3 Å². The monoisotopic (exact) mass is 227 g/mol. The van der Waals surface area contributed by atoms with Crippen LogP contribution in [0, 0.1) is 6.92 Å². The molecule has 0 aliphatic heterocycles. The van der Waals surface area contributed by atoms with Crippen molar-refractivity contribution in [1.82, 2.24) is 0 Å². The van der Waals surface area contributed by atoms with E-state index in [1.165, 1.54) is 0 Å². The summed E-state index contributed by atoms with van der Waals surface area (Å²) in [6, 6.07) is 5.44. The molecule has 0 amide bonds. The third-order valence-electron chi connectivity index (χ3n) is 2.23. The molecule has 1 aromatic carbocycles. The minimum atomic E-state index is -1.01. The van der Waals surface area contributed by atoms with Crippen molar-refractivity contribution in [1.29, 1.82) is 0 Å². The molecule has 3 nitrogen and oxygen atoms in total. The molecule has 0 aromatic heterocycles. The zero-order chi connectivity index (χ0) is 11.4. The van der Waals surface area contributed by atoms with Gasteiger partial charge in [0.05, 0.1) is 22.7 Å². The van der Waals surface area contributed by atoms with E-state index in [1.807, 2.05) is 26.0 Å². The summed E-state index contributed by atoms with van der Waals surface area (Å²) in [6.45, 7) is 3.82. The van der Waals surface area contributed by atoms with Crippen LogP contribution in [-0.2, 0) is 15.5 Å². The third-order valence-corrected chi connectivity index (χ3v) is 3.95. The first-order valence-corrected chi connectivity index (χ1v) is 6.13. The molecule has 1 rings (SSSR count). The lowest BCUT2D eigenvalue weighted by Gasteiger charge is -2.10. The highest BCUT2D eigenvalue weighted by molar-refractivity contribution is 7.85. The number of rotatable bonds is 4. The van der Waals surface area contributed by atoms with Crippen LogP contribution in [0.4, 0.5) is 5.69 Å². The van der Waals surface area contributed by atoms with Gasteiger partial charge in [-0.3, -0.25) is 4.21 Å². The summed E-state index contributed by atoms with van der Waals surface area (Å²) in [6.07, 6.45) is 0.00258. The van der Waals surface area contributed by atoms with Gasteiger partial charge in [-0.05, 0) is 37.6 Å². The first-order chi connectivity index (χ1) is 7.04. The highest BCUT2D eigenvalue weighted by Crippen LogP contribution is 2.17. The lowest BCUT2D eigenvalue weighted by Crippen LogP contribution is -2.15. The summed E-state index contributed by atoms with van der Waals surface area (Å²) in [5.74, 6) is 0.515. The van der Waals surface area contributed by atoms with Gasteiger partial charge in [0.1, 0.15) is 0 Å². The van der Waals surface area contributed by atoms with Gasteiger partial charge in [0.15, 0.2) is 0 Å². The first kappa shape index (κ1) is 12.2. The Kier molecular flexibility index (Phi) is 4.29. The fraction of sp³-hybridized carbons (Fsp3) is 0.455. The number of benzene rings is 1. The lowest BCUT2D eigenvalue weighted by atomic mass is 10.2. The lowest BCUT2D eigenvalue weighted by molar-refractivity contribution is 0.137. The number of methoxy groups -OCH3 is 1. The molecule has 15 heavy (non-hydrogen) atoms. The molecule has 2 atom stereocenters. The Morgan fingerprint density at radius 2 is 2.20 bits per heavy atom. The number of anilines is 1. The van der Waals surface area contributed by atoms with Crippen molar-refractivity contribution in [3.05, 3.63) is 23.8 Å². The van der Waals surface area contributed by atoms with Crippen LogP contribution in [0.15, 0.2) is 23.1 Å². The molecule has 4 heteroatoms. The Labute approximate surface area is 93.1 Å². The summed E-state index contributed by atoms with van der Waals surface area (Å²) >= 11 is 0. The van der Waals surface area contributed by atoms with Crippen LogP contribution < -0.4 is 5.73 Å². The Bertz CT molecular complexity index is 366. The van der Waals surface area contributed by atoms with E-state index < -0.39 is 10.8 Å². The van der Waals surface area contributed by atoms with E-state index in [0.717, 1.165) is 10.5 Å². The van der Waals surface area contributed by atoms with E-state index in [1.54, 1.807) is 13.2 Å². The van der Waals surface area contributed by atoms with Gasteiger partial charge >= 0.3 is 0 Å². The minimum absolute atomic E-state index is 0.00258. The summed E-state index contributed by atoms with van der Waals surface area (Å²) in [5, 5.41) is 0. The maximum Gasteiger partial charge on any atom is 0.0662 e. The highest BCUT2D eigenvalue weighted by Gasteiger charge is 2.11. The fourth-order valence-electron chi connectivity index (χ4n) is 1.30. The van der Waals surface area contributed by atoms with E-state index >= 15 is 0 Å². The zero-order valence-corrected chi connectivity index (χ0v) is 10.1. The van der Waals surface area contributed by atoms with Gasteiger partial charge in [-0.2, -0.15) is 0 Å². The van der Waals surface area contributed by atoms with Crippen molar-refractivity contribution in [2.45, 2.75) is 24.8 Å². The Balaban J connectivity index is 2.82. The smallest absolute Gasteiger partial charge is 0.0662 e. The second-order valence-electron chi connectivity index (χ2n) is 3.58. The van der Waals surface area contributed by atoms with Crippen molar-refractivity contribution < 1.29 is 8.95 Å². The maximum atomic E-state index is 11.9. The van der Waals surface area contributed by atoms with E-state index in [-0.39, 0.29) is 6.10 Å². The predicted molar refractivity (Wildman–Crippen MR) is 63.3 cm³/mol. The quantitative estimate of drug-likeness (QED) is 0.797. The normalized spacial score (nSPS) is 14.9. The summed E-state index contributed by atoms with van der Waals surface area (Å²) in [4.78, 5) is 0.841. The third kappa shape index (κ3) is 3.32. The second-order valence-corrected chi connectivity index (χ2v) is 5.05. The molecular weight excluding hydrogens is 210 g/mol. The summed E-state index contributed by atoms with van der Waals surface area (Å²) in [5.41, 5.74) is 7.30. The van der Waals surface area contributed by atoms with Gasteiger partial charge in [-0.15, -0.1) is 0 Å². The standard InChI is InChI=1S/C11H17NO2S/c1-8-6-10(12)4-5-11(8)15(13)7-9(2)14-3/h4-6,9H,7,12H2,1-3H3. The molecule has 0 fully saturated rings. The van der Waals surface area contributed by atoms with Crippen LogP contribution in [0.25, 0.3) is 0 Å². The Morgan fingerprint density at radius 1 is 1.53 bits per heavy atom. The van der Waals surface area contributed by atoms with Crippen LogP contribution >= 0.6 is 0 Å². The van der Waals surface area contributed by atoms with Gasteiger partial charge in [0.25, 0.3) is 0 Å². The molecule has 0 spiro atoms.